The highest BCUT2D eigenvalue weighted by Gasteiger charge is 2.52. The lowest BCUT2D eigenvalue weighted by atomic mass is 9.81. The first-order valence-corrected chi connectivity index (χ1v) is 9.85. The van der Waals surface area contributed by atoms with Gasteiger partial charge in [0, 0.05) is 17.9 Å². The number of carbonyl (C=O) groups excluding carboxylic acids is 2. The quantitative estimate of drug-likeness (QED) is 0.670. The molecule has 0 saturated carbocycles. The summed E-state index contributed by atoms with van der Waals surface area (Å²) in [6.45, 7) is 17.9. The molecule has 0 N–H and O–H groups in total. The second-order valence-electron chi connectivity index (χ2n) is 10.2. The molecule has 166 valence electrons. The molecule has 9 nitrogen and oxygen atoms in total. The number of amides is 2. The van der Waals surface area contributed by atoms with E-state index in [4.69, 9.17) is 18.8 Å². The lowest BCUT2D eigenvalue weighted by molar-refractivity contribution is 0.00578. The highest BCUT2D eigenvalue weighted by molar-refractivity contribution is 6.61. The van der Waals surface area contributed by atoms with Crippen LogP contribution in [0.25, 0.3) is 0 Å². The van der Waals surface area contributed by atoms with Gasteiger partial charge in [0.1, 0.15) is 11.2 Å². The molecule has 2 amide bonds. The van der Waals surface area contributed by atoms with Gasteiger partial charge in [-0.1, -0.05) is 0 Å². The van der Waals surface area contributed by atoms with E-state index in [1.54, 1.807) is 41.5 Å². The van der Waals surface area contributed by atoms with Crippen LogP contribution in [0.3, 0.4) is 0 Å². The average Bonchev–Trinajstić information content (AvgIpc) is 2.72. The molecule has 1 aromatic rings. The molecule has 30 heavy (non-hydrogen) atoms. The van der Waals surface area contributed by atoms with Crippen LogP contribution in [-0.4, -0.2) is 51.7 Å². The number of ether oxygens (including phenoxy) is 2. The molecule has 0 radical (unpaired) electrons. The Labute approximate surface area is 178 Å². The van der Waals surface area contributed by atoms with Crippen molar-refractivity contribution in [3.63, 3.8) is 0 Å². The standard InChI is InChI=1S/C20H32BN3O6/c1-17(2,3)27-15(25)24(16(26)28-18(4,5)6)14-22-11-13(12-23-14)21-29-19(7,8)20(9,10)30-21/h11-12H,1-10H3. The van der Waals surface area contributed by atoms with E-state index in [-0.39, 0.29) is 5.95 Å². The maximum absolute atomic E-state index is 12.7. The number of hydrogen-bond acceptors (Lipinski definition) is 8. The zero-order valence-corrected chi connectivity index (χ0v) is 19.5. The largest absolute Gasteiger partial charge is 0.498 e. The fraction of sp³-hybridized carbons (Fsp3) is 0.700. The van der Waals surface area contributed by atoms with Gasteiger partial charge in [-0.05, 0) is 69.2 Å². The normalized spacial score (nSPS) is 18.1. The second-order valence-corrected chi connectivity index (χ2v) is 10.2. The molecular weight excluding hydrogens is 389 g/mol. The summed E-state index contributed by atoms with van der Waals surface area (Å²) >= 11 is 0. The zero-order chi connectivity index (χ0) is 23.1. The SMILES string of the molecule is CC(C)(C)OC(=O)N(C(=O)OC(C)(C)C)c1ncc(B2OC(C)(C)C(C)(C)O2)cn1. The summed E-state index contributed by atoms with van der Waals surface area (Å²) in [5.74, 6) is -0.168. The van der Waals surface area contributed by atoms with Crippen LogP contribution in [0, 0.1) is 0 Å². The van der Waals surface area contributed by atoms with Crippen LogP contribution in [0.2, 0.25) is 0 Å². The van der Waals surface area contributed by atoms with Crippen LogP contribution in [0.5, 0.6) is 0 Å². The van der Waals surface area contributed by atoms with Crippen molar-refractivity contribution >= 4 is 30.7 Å². The topological polar surface area (TPSA) is 100 Å². The van der Waals surface area contributed by atoms with E-state index in [2.05, 4.69) is 9.97 Å². The van der Waals surface area contributed by atoms with Crippen LogP contribution in [0.15, 0.2) is 12.4 Å². The van der Waals surface area contributed by atoms with E-state index in [1.807, 2.05) is 27.7 Å². The zero-order valence-electron chi connectivity index (χ0n) is 19.5. The van der Waals surface area contributed by atoms with E-state index < -0.39 is 41.7 Å². The third-order valence-electron chi connectivity index (χ3n) is 4.54. The predicted molar refractivity (Wildman–Crippen MR) is 113 cm³/mol. The van der Waals surface area contributed by atoms with E-state index in [1.165, 1.54) is 12.4 Å². The minimum absolute atomic E-state index is 0.168. The van der Waals surface area contributed by atoms with Crippen molar-refractivity contribution in [2.45, 2.75) is 91.6 Å². The Morgan fingerprint density at radius 3 is 1.57 bits per heavy atom. The second kappa shape index (κ2) is 7.81. The van der Waals surface area contributed by atoms with Gasteiger partial charge in [-0.15, -0.1) is 4.90 Å². The van der Waals surface area contributed by atoms with Crippen LogP contribution in [-0.2, 0) is 18.8 Å². The fourth-order valence-electron chi connectivity index (χ4n) is 2.40. The van der Waals surface area contributed by atoms with Crippen molar-refractivity contribution in [2.75, 3.05) is 4.90 Å². The van der Waals surface area contributed by atoms with Crippen molar-refractivity contribution in [2.24, 2.45) is 0 Å². The Morgan fingerprint density at radius 1 is 0.867 bits per heavy atom. The summed E-state index contributed by atoms with van der Waals surface area (Å²) in [4.78, 5) is 34.4. The monoisotopic (exact) mass is 421 g/mol. The van der Waals surface area contributed by atoms with E-state index in [9.17, 15) is 9.59 Å². The lowest BCUT2D eigenvalue weighted by Gasteiger charge is -2.32. The van der Waals surface area contributed by atoms with Gasteiger partial charge in [-0.2, -0.15) is 0 Å². The molecule has 1 aromatic heterocycles. The van der Waals surface area contributed by atoms with Crippen LogP contribution < -0.4 is 10.4 Å². The number of carbonyl (C=O) groups is 2. The maximum Gasteiger partial charge on any atom is 0.498 e. The molecule has 0 bridgehead atoms. The smallest absolute Gasteiger partial charge is 0.443 e. The number of rotatable bonds is 2. The lowest BCUT2D eigenvalue weighted by Crippen LogP contribution is -2.45. The fourth-order valence-corrected chi connectivity index (χ4v) is 2.40. The molecule has 0 atom stereocenters. The minimum atomic E-state index is -0.930. The molecule has 0 aromatic carbocycles. The van der Waals surface area contributed by atoms with E-state index in [0.29, 0.717) is 10.4 Å². The molecule has 1 aliphatic heterocycles. The highest BCUT2D eigenvalue weighted by Crippen LogP contribution is 2.36. The highest BCUT2D eigenvalue weighted by atomic mass is 16.7. The molecule has 0 aliphatic carbocycles. The van der Waals surface area contributed by atoms with Gasteiger partial charge in [0.15, 0.2) is 0 Å². The first-order chi connectivity index (χ1) is 13.4. The molecule has 2 rings (SSSR count). The van der Waals surface area contributed by atoms with Gasteiger partial charge >= 0.3 is 19.3 Å². The molecule has 0 spiro atoms. The van der Waals surface area contributed by atoms with Crippen LogP contribution in [0.4, 0.5) is 15.5 Å². The Balaban J connectivity index is 2.31. The van der Waals surface area contributed by atoms with Crippen LogP contribution in [0.1, 0.15) is 69.2 Å². The van der Waals surface area contributed by atoms with Gasteiger partial charge in [0.05, 0.1) is 11.2 Å². The van der Waals surface area contributed by atoms with Crippen molar-refractivity contribution in [1.29, 1.82) is 0 Å². The average molecular weight is 421 g/mol. The predicted octanol–water partition coefficient (Wildman–Crippen LogP) is 3.45. The summed E-state index contributed by atoms with van der Waals surface area (Å²) in [6.07, 6.45) is 1.04. The Kier molecular flexibility index (Phi) is 6.27. The maximum atomic E-state index is 12.7. The molecule has 1 aliphatic rings. The molecular formula is C20H32BN3O6. The third kappa shape index (κ3) is 5.69. The van der Waals surface area contributed by atoms with Crippen molar-refractivity contribution in [3.8, 4) is 0 Å². The van der Waals surface area contributed by atoms with Gasteiger partial charge < -0.3 is 18.8 Å². The molecule has 1 fully saturated rings. The number of hydrogen-bond donors (Lipinski definition) is 0. The molecule has 2 heterocycles. The molecule has 0 unspecified atom stereocenters. The van der Waals surface area contributed by atoms with Gasteiger partial charge in [0.2, 0.25) is 5.95 Å². The summed E-state index contributed by atoms with van der Waals surface area (Å²) in [5.41, 5.74) is -2.11. The Bertz CT molecular complexity index is 752. The van der Waals surface area contributed by atoms with Crippen LogP contribution >= 0.6 is 0 Å². The summed E-state index contributed by atoms with van der Waals surface area (Å²) in [7, 11) is -0.666. The Morgan fingerprint density at radius 2 is 1.23 bits per heavy atom. The third-order valence-corrected chi connectivity index (χ3v) is 4.54. The molecule has 1 saturated heterocycles. The van der Waals surface area contributed by atoms with Gasteiger partial charge in [-0.3, -0.25) is 0 Å². The minimum Gasteiger partial charge on any atom is -0.443 e. The van der Waals surface area contributed by atoms with E-state index in [0.717, 1.165) is 0 Å². The van der Waals surface area contributed by atoms with Gasteiger partial charge in [-0.25, -0.2) is 19.6 Å². The number of imide groups is 1. The summed E-state index contributed by atoms with van der Waals surface area (Å²) < 4.78 is 22.6. The van der Waals surface area contributed by atoms with Crippen molar-refractivity contribution in [3.05, 3.63) is 12.4 Å². The molecule has 10 heteroatoms. The first-order valence-electron chi connectivity index (χ1n) is 9.85. The van der Waals surface area contributed by atoms with Crippen molar-refractivity contribution < 1.29 is 28.4 Å². The first kappa shape index (κ1) is 24.1. The summed E-state index contributed by atoms with van der Waals surface area (Å²) in [5, 5.41) is 0. The van der Waals surface area contributed by atoms with Gasteiger partial charge in [0.25, 0.3) is 0 Å². The van der Waals surface area contributed by atoms with Crippen molar-refractivity contribution in [1.82, 2.24) is 9.97 Å². The number of aromatic nitrogens is 2. The number of nitrogens with zero attached hydrogens (tertiary/aromatic N) is 3. The van der Waals surface area contributed by atoms with E-state index >= 15 is 0 Å². The number of anilines is 1. The summed E-state index contributed by atoms with van der Waals surface area (Å²) in [6, 6.07) is 0. The Hall–Kier alpha value is -2.20.